The van der Waals surface area contributed by atoms with E-state index in [0.717, 1.165) is 42.5 Å². The topological polar surface area (TPSA) is 92.0 Å². The molecule has 9 heteroatoms. The number of nitriles is 1. The van der Waals surface area contributed by atoms with Crippen molar-refractivity contribution in [3.8, 4) is 17.2 Å². The Morgan fingerprint density at radius 2 is 2.06 bits per heavy atom. The monoisotopic (exact) mass is 462 g/mol. The summed E-state index contributed by atoms with van der Waals surface area (Å²) in [6.07, 6.45) is 10.8. The van der Waals surface area contributed by atoms with E-state index in [0.29, 0.717) is 27.9 Å². The molecule has 0 radical (unpaired) electrons. The highest BCUT2D eigenvalue weighted by Gasteiger charge is 2.25. The lowest BCUT2D eigenvalue weighted by Crippen LogP contribution is -2.21. The number of pyridine rings is 2. The second-order valence-electron chi connectivity index (χ2n) is 8.39. The first kappa shape index (κ1) is 21.6. The Morgan fingerprint density at radius 1 is 1.24 bits per heavy atom. The Balaban J connectivity index is 1.55. The van der Waals surface area contributed by atoms with E-state index in [9.17, 15) is 14.8 Å². The molecule has 4 aromatic rings. The maximum atomic E-state index is 14.3. The van der Waals surface area contributed by atoms with Gasteiger partial charge in [0.2, 0.25) is 0 Å². The minimum absolute atomic E-state index is 0.245. The highest BCUT2D eigenvalue weighted by molar-refractivity contribution is 7.99. The average molecular weight is 463 g/mol. The summed E-state index contributed by atoms with van der Waals surface area (Å²) in [4.78, 5) is 4.86. The molecule has 168 valence electrons. The number of fused-ring (bicyclic) bond motifs is 1. The van der Waals surface area contributed by atoms with Crippen LogP contribution in [0.25, 0.3) is 16.6 Å². The number of hydrogen-bond acceptors (Lipinski definition) is 6. The lowest BCUT2D eigenvalue weighted by molar-refractivity contribution is 0.164. The first-order valence-corrected chi connectivity index (χ1v) is 11.8. The van der Waals surface area contributed by atoms with Crippen molar-refractivity contribution in [3.63, 3.8) is 0 Å². The van der Waals surface area contributed by atoms with Crippen LogP contribution in [0.2, 0.25) is 0 Å². The number of aliphatic hydroxyl groups is 1. The zero-order valence-electron chi connectivity index (χ0n) is 18.1. The molecule has 4 heterocycles. The van der Waals surface area contributed by atoms with Crippen molar-refractivity contribution in [3.05, 3.63) is 60.1 Å². The molecule has 0 spiro atoms. The molecule has 0 amide bonds. The number of aromatic nitrogens is 5. The third-order valence-electron chi connectivity index (χ3n) is 6.40. The fourth-order valence-electron chi connectivity index (χ4n) is 4.59. The van der Waals surface area contributed by atoms with Crippen molar-refractivity contribution >= 4 is 17.3 Å². The molecule has 1 aliphatic rings. The zero-order valence-corrected chi connectivity index (χ0v) is 19.0. The summed E-state index contributed by atoms with van der Waals surface area (Å²) in [6, 6.07) is 7.37. The molecular formula is C24H23FN6OS. The van der Waals surface area contributed by atoms with Crippen LogP contribution in [0.15, 0.2) is 52.9 Å². The third-order valence-corrected chi connectivity index (χ3v) is 7.43. The molecule has 0 unspecified atom stereocenters. The van der Waals surface area contributed by atoms with Gasteiger partial charge in [-0.05, 0) is 56.7 Å². The van der Waals surface area contributed by atoms with E-state index >= 15 is 0 Å². The molecule has 4 aromatic heterocycles. The summed E-state index contributed by atoms with van der Waals surface area (Å²) < 4.78 is 18.1. The molecule has 33 heavy (non-hydrogen) atoms. The van der Waals surface area contributed by atoms with Gasteiger partial charge in [-0.1, -0.05) is 11.8 Å². The van der Waals surface area contributed by atoms with E-state index in [1.165, 1.54) is 24.0 Å². The molecule has 5 rings (SSSR count). The summed E-state index contributed by atoms with van der Waals surface area (Å²) >= 11 is 1.18. The Bertz CT molecular complexity index is 1350. The summed E-state index contributed by atoms with van der Waals surface area (Å²) in [5.74, 6) is -0.0220. The normalized spacial score (nSPS) is 18.5. The van der Waals surface area contributed by atoms with Gasteiger partial charge in [0.15, 0.2) is 5.82 Å². The predicted octanol–water partition coefficient (Wildman–Crippen LogP) is 4.79. The minimum Gasteiger partial charge on any atom is -0.396 e. The van der Waals surface area contributed by atoms with Crippen LogP contribution in [-0.2, 0) is 0 Å². The Hall–Kier alpha value is -3.22. The molecule has 0 aliphatic heterocycles. The SMILES string of the molecule is Cc1c(-c2cc(Sc3ncccc3F)c3c(C#N)cnn3c2)cnn1C1CCC(CO)CC1. The molecule has 0 saturated heterocycles. The van der Waals surface area contributed by atoms with Gasteiger partial charge >= 0.3 is 0 Å². The summed E-state index contributed by atoms with van der Waals surface area (Å²) in [5.41, 5.74) is 3.96. The minimum atomic E-state index is -0.411. The van der Waals surface area contributed by atoms with Crippen molar-refractivity contribution in [2.24, 2.45) is 5.92 Å². The fourth-order valence-corrected chi connectivity index (χ4v) is 5.56. The first-order valence-electron chi connectivity index (χ1n) is 10.9. The number of hydrogen-bond donors (Lipinski definition) is 1. The van der Waals surface area contributed by atoms with Crippen molar-refractivity contribution in [2.45, 2.75) is 48.6 Å². The largest absolute Gasteiger partial charge is 0.396 e. The van der Waals surface area contributed by atoms with Crippen molar-refractivity contribution in [2.75, 3.05) is 6.61 Å². The van der Waals surface area contributed by atoms with E-state index in [-0.39, 0.29) is 11.6 Å². The molecule has 7 nitrogen and oxygen atoms in total. The summed E-state index contributed by atoms with van der Waals surface area (Å²) in [5, 5.41) is 28.3. The lowest BCUT2D eigenvalue weighted by atomic mass is 9.86. The fraction of sp³-hybridized carbons (Fsp3) is 0.333. The van der Waals surface area contributed by atoms with Crippen LogP contribution < -0.4 is 0 Å². The van der Waals surface area contributed by atoms with Gasteiger partial charge in [-0.15, -0.1) is 0 Å². The number of rotatable bonds is 5. The summed E-state index contributed by atoms with van der Waals surface area (Å²) in [6.45, 7) is 2.31. The van der Waals surface area contributed by atoms with Gasteiger partial charge in [0.25, 0.3) is 0 Å². The van der Waals surface area contributed by atoms with Gasteiger partial charge in [0.1, 0.15) is 11.1 Å². The van der Waals surface area contributed by atoms with E-state index < -0.39 is 5.82 Å². The Kier molecular flexibility index (Phi) is 5.87. The van der Waals surface area contributed by atoms with Crippen molar-refractivity contribution < 1.29 is 9.50 Å². The van der Waals surface area contributed by atoms with E-state index in [1.54, 1.807) is 16.8 Å². The van der Waals surface area contributed by atoms with Crippen LogP contribution in [0.4, 0.5) is 4.39 Å². The molecule has 1 saturated carbocycles. The van der Waals surface area contributed by atoms with Crippen LogP contribution in [0.1, 0.15) is 43.0 Å². The standard InChI is InChI=1S/C24H23FN6OS/c1-15-20(12-29-31(15)19-6-4-16(14-32)5-7-19)17-9-22(33-24-21(25)3-2-8-27-24)23-18(10-26)11-28-30(23)13-17/h2-3,8-9,11-13,16,19,32H,4-7,14H2,1H3. The van der Waals surface area contributed by atoms with Crippen molar-refractivity contribution in [1.82, 2.24) is 24.4 Å². The van der Waals surface area contributed by atoms with Gasteiger partial charge in [-0.3, -0.25) is 4.68 Å². The van der Waals surface area contributed by atoms with Gasteiger partial charge in [0.05, 0.1) is 29.5 Å². The molecule has 0 aromatic carbocycles. The van der Waals surface area contributed by atoms with Crippen LogP contribution in [-0.4, -0.2) is 36.1 Å². The Morgan fingerprint density at radius 3 is 2.79 bits per heavy atom. The summed E-state index contributed by atoms with van der Waals surface area (Å²) in [7, 11) is 0. The number of nitrogens with zero attached hydrogens (tertiary/aromatic N) is 6. The maximum absolute atomic E-state index is 14.3. The highest BCUT2D eigenvalue weighted by Crippen LogP contribution is 2.38. The van der Waals surface area contributed by atoms with E-state index in [1.807, 2.05) is 18.5 Å². The molecular weight excluding hydrogens is 439 g/mol. The molecule has 1 fully saturated rings. The van der Waals surface area contributed by atoms with Crippen molar-refractivity contribution in [1.29, 1.82) is 5.26 Å². The zero-order chi connectivity index (χ0) is 22.9. The van der Waals surface area contributed by atoms with Crippen LogP contribution in [0, 0.1) is 30.0 Å². The van der Waals surface area contributed by atoms with Crippen LogP contribution in [0.3, 0.4) is 0 Å². The lowest BCUT2D eigenvalue weighted by Gasteiger charge is -2.28. The smallest absolute Gasteiger partial charge is 0.155 e. The van der Waals surface area contributed by atoms with E-state index in [2.05, 4.69) is 32.9 Å². The molecule has 0 bridgehead atoms. The molecule has 0 atom stereocenters. The second-order valence-corrected chi connectivity index (χ2v) is 9.42. The quantitative estimate of drug-likeness (QED) is 0.459. The van der Waals surface area contributed by atoms with Crippen LogP contribution >= 0.6 is 11.8 Å². The molecule has 1 aliphatic carbocycles. The first-order chi connectivity index (χ1) is 16.1. The Labute approximate surface area is 194 Å². The van der Waals surface area contributed by atoms with E-state index in [4.69, 9.17) is 0 Å². The maximum Gasteiger partial charge on any atom is 0.155 e. The highest BCUT2D eigenvalue weighted by atomic mass is 32.2. The second kappa shape index (κ2) is 8.96. The number of aliphatic hydroxyl groups excluding tert-OH is 1. The predicted molar refractivity (Wildman–Crippen MR) is 122 cm³/mol. The van der Waals surface area contributed by atoms with Crippen LogP contribution in [0.5, 0.6) is 0 Å². The van der Waals surface area contributed by atoms with Gasteiger partial charge < -0.3 is 5.11 Å². The van der Waals surface area contributed by atoms with Gasteiger partial charge in [-0.25, -0.2) is 13.9 Å². The molecule has 1 N–H and O–H groups in total. The third kappa shape index (κ3) is 4.01. The van der Waals surface area contributed by atoms with Gasteiger partial charge in [0, 0.05) is 40.7 Å². The number of halogens is 1. The average Bonchev–Trinajstić information content (AvgIpc) is 3.44. The van der Waals surface area contributed by atoms with Gasteiger partial charge in [-0.2, -0.15) is 15.5 Å².